The van der Waals surface area contributed by atoms with Gasteiger partial charge in [-0.3, -0.25) is 4.31 Å². The number of allylic oxidation sites excluding steroid dienone is 3. The van der Waals surface area contributed by atoms with Crippen molar-refractivity contribution in [1.82, 2.24) is 4.31 Å². The maximum absolute atomic E-state index is 2.23. The normalized spacial score (nSPS) is 13.4. The minimum Gasteiger partial charge on any atom is -0.253 e. The molecule has 0 aliphatic carbocycles. The number of hydrogen-bond donors (Lipinski definition) is 0. The van der Waals surface area contributed by atoms with Gasteiger partial charge in [0.15, 0.2) is 0 Å². The lowest BCUT2D eigenvalue weighted by Gasteiger charge is -2.08. The average molecular weight is 171 g/mol. The second kappa shape index (κ2) is 6.50. The van der Waals surface area contributed by atoms with Gasteiger partial charge in [-0.25, -0.2) is 0 Å². The van der Waals surface area contributed by atoms with Crippen LogP contribution in [0.15, 0.2) is 23.1 Å². The Kier molecular flexibility index (Phi) is 6.37. The van der Waals surface area contributed by atoms with Crippen LogP contribution in [-0.2, 0) is 0 Å². The summed E-state index contributed by atoms with van der Waals surface area (Å²) in [5.41, 5.74) is 0. The molecule has 0 rings (SSSR count). The van der Waals surface area contributed by atoms with Crippen LogP contribution in [0.2, 0.25) is 0 Å². The molecular formula is C9H17NS. The minimum atomic E-state index is 1.10. The molecule has 0 aromatic rings. The molecule has 0 aromatic carbocycles. The van der Waals surface area contributed by atoms with Gasteiger partial charge in [0, 0.05) is 4.91 Å². The zero-order chi connectivity index (χ0) is 8.69. The molecule has 2 heteroatoms. The minimum absolute atomic E-state index is 1.10. The van der Waals surface area contributed by atoms with Crippen LogP contribution < -0.4 is 0 Å². The van der Waals surface area contributed by atoms with E-state index in [4.69, 9.17) is 0 Å². The summed E-state index contributed by atoms with van der Waals surface area (Å²) in [6.45, 7) is 4.19. The molecule has 0 fully saturated rings. The molecule has 0 atom stereocenters. The maximum Gasteiger partial charge on any atom is 0.0186 e. The smallest absolute Gasteiger partial charge is 0.0186 e. The van der Waals surface area contributed by atoms with Crippen molar-refractivity contribution in [2.75, 3.05) is 14.1 Å². The van der Waals surface area contributed by atoms with Crippen molar-refractivity contribution in [1.29, 1.82) is 0 Å². The van der Waals surface area contributed by atoms with Crippen LogP contribution in [0.4, 0.5) is 0 Å². The van der Waals surface area contributed by atoms with Crippen molar-refractivity contribution in [3.63, 3.8) is 0 Å². The largest absolute Gasteiger partial charge is 0.253 e. The second-order valence-corrected chi connectivity index (χ2v) is 3.80. The van der Waals surface area contributed by atoms with Gasteiger partial charge in [-0.05, 0) is 39.4 Å². The summed E-state index contributed by atoms with van der Waals surface area (Å²) in [5.74, 6) is 0. The molecule has 0 aliphatic heterocycles. The molecule has 0 bridgehead atoms. The molecule has 0 N–H and O–H groups in total. The number of hydrogen-bond acceptors (Lipinski definition) is 2. The molecule has 1 nitrogen and oxygen atoms in total. The van der Waals surface area contributed by atoms with E-state index in [-0.39, 0.29) is 0 Å². The Balaban J connectivity index is 4.00. The van der Waals surface area contributed by atoms with Gasteiger partial charge < -0.3 is 0 Å². The first kappa shape index (κ1) is 10.8. The lowest BCUT2D eigenvalue weighted by Crippen LogP contribution is -1.98. The Bertz CT molecular complexity index is 148. The third-order valence-electron chi connectivity index (χ3n) is 1.02. The summed E-state index contributed by atoms with van der Waals surface area (Å²) < 4.78 is 2.10. The van der Waals surface area contributed by atoms with E-state index < -0.39 is 0 Å². The molecule has 64 valence electrons. The maximum atomic E-state index is 2.23. The van der Waals surface area contributed by atoms with E-state index in [1.165, 1.54) is 4.91 Å². The molecule has 0 unspecified atom stereocenters. The Hall–Kier alpha value is -0.210. The molecule has 0 spiro atoms. The fraction of sp³-hybridized carbons (Fsp3) is 0.556. The van der Waals surface area contributed by atoms with Gasteiger partial charge in [-0.15, -0.1) is 0 Å². The van der Waals surface area contributed by atoms with Gasteiger partial charge in [0.1, 0.15) is 0 Å². The van der Waals surface area contributed by atoms with Crippen LogP contribution in [0.1, 0.15) is 20.3 Å². The summed E-state index contributed by atoms with van der Waals surface area (Å²) in [4.78, 5) is 1.32. The molecular weight excluding hydrogens is 154 g/mol. The van der Waals surface area contributed by atoms with E-state index >= 15 is 0 Å². The molecule has 11 heavy (non-hydrogen) atoms. The van der Waals surface area contributed by atoms with Crippen LogP contribution in [0.3, 0.4) is 0 Å². The number of nitrogens with zero attached hydrogens (tertiary/aromatic N) is 1. The van der Waals surface area contributed by atoms with Crippen LogP contribution in [0, 0.1) is 0 Å². The molecule has 0 radical (unpaired) electrons. The van der Waals surface area contributed by atoms with E-state index in [1.54, 1.807) is 11.9 Å². The third-order valence-corrected chi connectivity index (χ3v) is 1.90. The molecule has 0 aromatic heterocycles. The zero-order valence-electron chi connectivity index (χ0n) is 7.79. The quantitative estimate of drug-likeness (QED) is 0.472. The topological polar surface area (TPSA) is 3.24 Å². The van der Waals surface area contributed by atoms with Crippen LogP contribution >= 0.6 is 11.9 Å². The van der Waals surface area contributed by atoms with Crippen LogP contribution in [0.5, 0.6) is 0 Å². The highest BCUT2D eigenvalue weighted by atomic mass is 32.2. The molecule has 0 aliphatic rings. The Morgan fingerprint density at radius 1 is 1.45 bits per heavy atom. The number of rotatable bonds is 4. The van der Waals surface area contributed by atoms with Gasteiger partial charge in [0.2, 0.25) is 0 Å². The summed E-state index contributed by atoms with van der Waals surface area (Å²) in [6.07, 6.45) is 7.53. The van der Waals surface area contributed by atoms with Crippen molar-refractivity contribution in [2.24, 2.45) is 0 Å². The Morgan fingerprint density at radius 3 is 2.45 bits per heavy atom. The monoisotopic (exact) mass is 171 g/mol. The van der Waals surface area contributed by atoms with Gasteiger partial charge in [0.25, 0.3) is 0 Å². The molecule has 0 amide bonds. The summed E-state index contributed by atoms with van der Waals surface area (Å²) in [7, 11) is 4.11. The summed E-state index contributed by atoms with van der Waals surface area (Å²) >= 11 is 1.76. The molecule has 0 saturated carbocycles. The van der Waals surface area contributed by atoms with Gasteiger partial charge in [-0.2, -0.15) is 0 Å². The summed E-state index contributed by atoms with van der Waals surface area (Å²) in [6, 6.07) is 0. The predicted molar refractivity (Wildman–Crippen MR) is 54.5 cm³/mol. The summed E-state index contributed by atoms with van der Waals surface area (Å²) in [5, 5.41) is 0. The van der Waals surface area contributed by atoms with Crippen molar-refractivity contribution in [3.05, 3.63) is 23.1 Å². The zero-order valence-corrected chi connectivity index (χ0v) is 8.61. The Morgan fingerprint density at radius 2 is 2.09 bits per heavy atom. The lowest BCUT2D eigenvalue weighted by molar-refractivity contribution is 0.707. The highest BCUT2D eigenvalue weighted by Gasteiger charge is 1.93. The van der Waals surface area contributed by atoms with Crippen molar-refractivity contribution >= 4 is 11.9 Å². The van der Waals surface area contributed by atoms with Crippen molar-refractivity contribution in [2.45, 2.75) is 20.3 Å². The van der Waals surface area contributed by atoms with Gasteiger partial charge in [-0.1, -0.05) is 25.2 Å². The lowest BCUT2D eigenvalue weighted by atomic mass is 10.4. The van der Waals surface area contributed by atoms with Gasteiger partial charge in [0.05, 0.1) is 0 Å². The van der Waals surface area contributed by atoms with Crippen LogP contribution in [0.25, 0.3) is 0 Å². The second-order valence-electron chi connectivity index (χ2n) is 2.42. The van der Waals surface area contributed by atoms with Gasteiger partial charge >= 0.3 is 0 Å². The fourth-order valence-corrected chi connectivity index (χ4v) is 1.57. The van der Waals surface area contributed by atoms with E-state index in [2.05, 4.69) is 43.6 Å². The third kappa shape index (κ3) is 6.20. The standard InChI is InChI=1S/C9H17NS/c1-5-7-9(8-6-2)11-10(3)4/h5,7-8H,6H2,1-4H3/b7-5-,9-8+. The van der Waals surface area contributed by atoms with E-state index in [0.29, 0.717) is 0 Å². The fourth-order valence-electron chi connectivity index (χ4n) is 0.712. The van der Waals surface area contributed by atoms with E-state index in [9.17, 15) is 0 Å². The van der Waals surface area contributed by atoms with E-state index in [1.807, 2.05) is 6.92 Å². The van der Waals surface area contributed by atoms with Crippen molar-refractivity contribution in [3.8, 4) is 0 Å². The first-order chi connectivity index (χ1) is 5.20. The Labute approximate surface area is 74.3 Å². The SMILES string of the molecule is C/C=C\C(=C/CC)SN(C)C. The molecule has 0 saturated heterocycles. The van der Waals surface area contributed by atoms with E-state index in [0.717, 1.165) is 6.42 Å². The average Bonchev–Trinajstić information content (AvgIpc) is 1.87. The van der Waals surface area contributed by atoms with Crippen molar-refractivity contribution < 1.29 is 0 Å². The first-order valence-corrected chi connectivity index (χ1v) is 4.66. The first-order valence-electron chi connectivity index (χ1n) is 3.88. The highest BCUT2D eigenvalue weighted by Crippen LogP contribution is 2.19. The predicted octanol–water partition coefficient (Wildman–Crippen LogP) is 3.07. The highest BCUT2D eigenvalue weighted by molar-refractivity contribution is 8.01. The molecule has 0 heterocycles. The van der Waals surface area contributed by atoms with Crippen LogP contribution in [-0.4, -0.2) is 18.4 Å².